The number of aromatic nitrogens is 3. The molecule has 2 atom stereocenters. The van der Waals surface area contributed by atoms with Gasteiger partial charge in [0.25, 0.3) is 0 Å². The van der Waals surface area contributed by atoms with Crippen molar-refractivity contribution in [2.24, 2.45) is 5.92 Å². The Balaban J connectivity index is 1.30. The normalized spacial score (nSPS) is 20.5. The quantitative estimate of drug-likeness (QED) is 0.412. The van der Waals surface area contributed by atoms with Gasteiger partial charge in [0, 0.05) is 23.0 Å². The minimum Gasteiger partial charge on any atom is -0.394 e. The summed E-state index contributed by atoms with van der Waals surface area (Å²) >= 11 is 2.83. The molecule has 170 valence electrons. The molecular formula is C23H23N5O3S2. The molecule has 1 amide bonds. The molecule has 6 rings (SSSR count). The number of benzene rings is 1. The number of rotatable bonds is 4. The molecule has 1 saturated heterocycles. The molecule has 10 heteroatoms. The molecule has 4 heterocycles. The van der Waals surface area contributed by atoms with E-state index in [0.717, 1.165) is 64.2 Å². The molecule has 0 spiro atoms. The first-order chi connectivity index (χ1) is 16.1. The molecule has 0 radical (unpaired) electrons. The molecule has 3 N–H and O–H groups in total. The first-order valence-electron chi connectivity index (χ1n) is 11.2. The highest BCUT2D eigenvalue weighted by Gasteiger charge is 2.35. The van der Waals surface area contributed by atoms with E-state index in [9.17, 15) is 14.7 Å². The Morgan fingerprint density at radius 2 is 2.18 bits per heavy atom. The average Bonchev–Trinajstić information content (AvgIpc) is 3.53. The molecule has 1 aromatic carbocycles. The van der Waals surface area contributed by atoms with E-state index in [1.807, 2.05) is 23.1 Å². The van der Waals surface area contributed by atoms with Crippen LogP contribution in [-0.2, 0) is 17.6 Å². The van der Waals surface area contributed by atoms with E-state index in [4.69, 9.17) is 0 Å². The monoisotopic (exact) mass is 481 g/mol. The van der Waals surface area contributed by atoms with Crippen molar-refractivity contribution >= 4 is 60.5 Å². The van der Waals surface area contributed by atoms with Crippen LogP contribution in [0.15, 0.2) is 29.3 Å². The van der Waals surface area contributed by atoms with E-state index >= 15 is 0 Å². The van der Waals surface area contributed by atoms with Crippen LogP contribution >= 0.6 is 22.7 Å². The van der Waals surface area contributed by atoms with Gasteiger partial charge in [0.1, 0.15) is 17.0 Å². The van der Waals surface area contributed by atoms with Gasteiger partial charge < -0.3 is 20.3 Å². The van der Waals surface area contributed by atoms with Crippen LogP contribution in [0.2, 0.25) is 0 Å². The lowest BCUT2D eigenvalue weighted by molar-refractivity contribution is -0.137. The van der Waals surface area contributed by atoms with Crippen molar-refractivity contribution in [2.45, 2.75) is 38.1 Å². The third-order valence-electron chi connectivity index (χ3n) is 6.75. The van der Waals surface area contributed by atoms with Crippen LogP contribution in [0.3, 0.4) is 0 Å². The fourth-order valence-electron chi connectivity index (χ4n) is 5.13. The molecular weight excluding hydrogens is 458 g/mol. The molecule has 8 nitrogen and oxygen atoms in total. The summed E-state index contributed by atoms with van der Waals surface area (Å²) in [6.45, 7) is 0.794. The van der Waals surface area contributed by atoms with Gasteiger partial charge in [0.05, 0.1) is 28.3 Å². The van der Waals surface area contributed by atoms with Crippen molar-refractivity contribution in [1.82, 2.24) is 19.9 Å². The van der Waals surface area contributed by atoms with Crippen LogP contribution in [0.25, 0.3) is 20.4 Å². The number of fused-ring (bicyclic) bond motifs is 4. The molecule has 1 fully saturated rings. The highest BCUT2D eigenvalue weighted by molar-refractivity contribution is 7.19. The number of aryl methyl sites for hydroxylation is 1. The Bertz CT molecular complexity index is 1420. The fourth-order valence-corrected chi connectivity index (χ4v) is 7.17. The lowest BCUT2D eigenvalue weighted by Gasteiger charge is -2.30. The number of H-pyrrole nitrogens is 1. The van der Waals surface area contributed by atoms with Crippen LogP contribution in [0.1, 0.15) is 29.7 Å². The van der Waals surface area contributed by atoms with E-state index in [2.05, 4.69) is 20.3 Å². The van der Waals surface area contributed by atoms with Gasteiger partial charge in [0.2, 0.25) is 5.91 Å². The van der Waals surface area contributed by atoms with Gasteiger partial charge in [-0.1, -0.05) is 11.3 Å². The van der Waals surface area contributed by atoms with Gasteiger partial charge in [-0.05, 0) is 55.9 Å². The van der Waals surface area contributed by atoms with Gasteiger partial charge in [-0.2, -0.15) is 0 Å². The number of nitrogens with zero attached hydrogens (tertiary/aromatic N) is 3. The summed E-state index contributed by atoms with van der Waals surface area (Å²) < 4.78 is 0.895. The second-order valence-electron chi connectivity index (χ2n) is 8.71. The standard InChI is InChI=1S/C23H23N5O3S2/c29-10-14-2-1-7-28(14)22(30)12-3-5-15-17(8-12)32-21-19(15)20(24-11-25-21)26-13-4-6-16-18(9-13)33-23(31)27-16/h4,6,9,11-12,14,29H,1-3,5,7-8,10H2,(H,27,31)(H,24,25,26)/t12-,14?/m1/s1. The van der Waals surface area contributed by atoms with Gasteiger partial charge in [0.15, 0.2) is 0 Å². The maximum absolute atomic E-state index is 13.2. The number of carbonyl (C=O) groups excluding carboxylic acids is 1. The first kappa shape index (κ1) is 20.8. The summed E-state index contributed by atoms with van der Waals surface area (Å²) in [7, 11) is 0. The van der Waals surface area contributed by atoms with Crippen LogP contribution in [-0.4, -0.2) is 50.1 Å². The van der Waals surface area contributed by atoms with Gasteiger partial charge in [-0.25, -0.2) is 9.97 Å². The van der Waals surface area contributed by atoms with E-state index in [0.29, 0.717) is 6.42 Å². The predicted octanol–water partition coefficient (Wildman–Crippen LogP) is 3.43. The van der Waals surface area contributed by atoms with Crippen molar-refractivity contribution < 1.29 is 9.90 Å². The number of aromatic amines is 1. The van der Waals surface area contributed by atoms with Crippen LogP contribution in [0.4, 0.5) is 11.5 Å². The summed E-state index contributed by atoms with van der Waals surface area (Å²) in [6.07, 6.45) is 5.74. The molecule has 1 unspecified atom stereocenters. The minimum atomic E-state index is -0.0678. The first-order valence-corrected chi connectivity index (χ1v) is 12.8. The zero-order valence-corrected chi connectivity index (χ0v) is 19.5. The average molecular weight is 482 g/mol. The topological polar surface area (TPSA) is 111 Å². The lowest BCUT2D eigenvalue weighted by atomic mass is 9.86. The Labute approximate surface area is 197 Å². The van der Waals surface area contributed by atoms with Crippen LogP contribution < -0.4 is 10.2 Å². The van der Waals surface area contributed by atoms with E-state index in [1.165, 1.54) is 21.8 Å². The summed E-state index contributed by atoms with van der Waals surface area (Å²) in [5.74, 6) is 0.892. The summed E-state index contributed by atoms with van der Waals surface area (Å²) in [5, 5.41) is 14.1. The van der Waals surface area contributed by atoms with Crippen molar-refractivity contribution in [2.75, 3.05) is 18.5 Å². The SMILES string of the molecule is O=C([C@@H]1CCc2c(sc3ncnc(Nc4ccc5[nH]c(=O)sc5c4)c23)C1)N1CCCC1CO. The van der Waals surface area contributed by atoms with Crippen molar-refractivity contribution in [1.29, 1.82) is 0 Å². The third kappa shape index (κ3) is 3.62. The number of carbonyl (C=O) groups is 1. The number of thiophene rings is 1. The van der Waals surface area contributed by atoms with Crippen molar-refractivity contribution in [3.63, 3.8) is 0 Å². The van der Waals surface area contributed by atoms with Crippen molar-refractivity contribution in [3.8, 4) is 0 Å². The fraction of sp³-hybridized carbons (Fsp3) is 0.391. The van der Waals surface area contributed by atoms with Gasteiger partial charge >= 0.3 is 4.87 Å². The molecule has 3 aromatic heterocycles. The minimum absolute atomic E-state index is 0.0287. The maximum atomic E-state index is 13.2. The Hall–Kier alpha value is -2.82. The Morgan fingerprint density at radius 1 is 1.27 bits per heavy atom. The maximum Gasteiger partial charge on any atom is 0.305 e. The number of aliphatic hydroxyl groups is 1. The number of thiazole rings is 1. The molecule has 1 aliphatic carbocycles. The number of aliphatic hydroxyl groups excluding tert-OH is 1. The Kier molecular flexibility index (Phi) is 5.16. The highest BCUT2D eigenvalue weighted by atomic mass is 32.1. The number of nitrogens with one attached hydrogen (secondary N) is 2. The van der Waals surface area contributed by atoms with E-state index < -0.39 is 0 Å². The largest absolute Gasteiger partial charge is 0.394 e. The van der Waals surface area contributed by atoms with Crippen LogP contribution in [0.5, 0.6) is 0 Å². The highest BCUT2D eigenvalue weighted by Crippen LogP contribution is 2.41. The zero-order chi connectivity index (χ0) is 22.5. The number of anilines is 2. The van der Waals surface area contributed by atoms with Gasteiger partial charge in [-0.15, -0.1) is 11.3 Å². The van der Waals surface area contributed by atoms with E-state index in [-0.39, 0.29) is 29.3 Å². The van der Waals surface area contributed by atoms with E-state index in [1.54, 1.807) is 17.7 Å². The Morgan fingerprint density at radius 3 is 3.06 bits per heavy atom. The zero-order valence-electron chi connectivity index (χ0n) is 17.8. The molecule has 33 heavy (non-hydrogen) atoms. The van der Waals surface area contributed by atoms with Crippen LogP contribution in [0, 0.1) is 5.92 Å². The predicted molar refractivity (Wildman–Crippen MR) is 130 cm³/mol. The molecule has 1 aliphatic heterocycles. The summed E-state index contributed by atoms with van der Waals surface area (Å²) in [4.78, 5) is 40.6. The molecule has 0 bridgehead atoms. The number of amides is 1. The molecule has 0 saturated carbocycles. The van der Waals surface area contributed by atoms with Crippen molar-refractivity contribution in [3.05, 3.63) is 44.6 Å². The number of hydrogen-bond donors (Lipinski definition) is 3. The number of likely N-dealkylation sites (tertiary alicyclic amines) is 1. The number of hydrogen-bond acceptors (Lipinski definition) is 8. The summed E-state index contributed by atoms with van der Waals surface area (Å²) in [6, 6.07) is 5.75. The van der Waals surface area contributed by atoms with Gasteiger partial charge in [-0.3, -0.25) is 9.59 Å². The molecule has 2 aliphatic rings. The molecule has 4 aromatic rings. The second kappa shape index (κ2) is 8.19. The third-order valence-corrected chi connectivity index (χ3v) is 8.76. The smallest absolute Gasteiger partial charge is 0.305 e. The second-order valence-corrected chi connectivity index (χ2v) is 10.8. The summed E-state index contributed by atoms with van der Waals surface area (Å²) in [5.41, 5.74) is 2.92. The lowest BCUT2D eigenvalue weighted by Crippen LogP contribution is -2.42.